The Balaban J connectivity index is 5.92. The van der Waals surface area contributed by atoms with Crippen molar-refractivity contribution in [2.75, 3.05) is 51.3 Å². The first-order valence-electron chi connectivity index (χ1n) is 11.9. The summed E-state index contributed by atoms with van der Waals surface area (Å²) in [5.74, 6) is -1.44. The molecule has 0 bridgehead atoms. The van der Waals surface area contributed by atoms with Crippen LogP contribution < -0.4 is 0 Å². The number of hydrogen-bond acceptors (Lipinski definition) is 5. The van der Waals surface area contributed by atoms with Crippen LogP contribution in [0, 0.1) is 11.8 Å². The van der Waals surface area contributed by atoms with Crippen molar-refractivity contribution >= 4 is 31.9 Å². The van der Waals surface area contributed by atoms with Crippen LogP contribution >= 0.6 is 31.9 Å². The Bertz CT molecular complexity index is 513. The van der Waals surface area contributed by atoms with Crippen LogP contribution in [0.2, 0.25) is 0 Å². The lowest BCUT2D eigenvalue weighted by Crippen LogP contribution is -2.54. The van der Waals surface area contributed by atoms with Gasteiger partial charge in [0, 0.05) is 36.7 Å². The Morgan fingerprint density at radius 2 is 1.06 bits per heavy atom. The fraction of sp³-hybridized carbons (Fsp3) is 0.846. The van der Waals surface area contributed by atoms with E-state index < -0.39 is 11.6 Å². The average molecular weight is 600 g/mol. The third-order valence-electron chi connectivity index (χ3n) is 5.75. The molecule has 5 nitrogen and oxygen atoms in total. The summed E-state index contributed by atoms with van der Waals surface area (Å²) in [6, 6.07) is 0. The second kappa shape index (κ2) is 18.5. The van der Waals surface area contributed by atoms with E-state index in [9.17, 15) is 0 Å². The maximum absolute atomic E-state index is 6.88. The highest BCUT2D eigenvalue weighted by Gasteiger charge is 2.46. The predicted octanol–water partition coefficient (Wildman–Crippen LogP) is 7.28. The first-order chi connectivity index (χ1) is 15.6. The monoisotopic (exact) mass is 598 g/mol. The van der Waals surface area contributed by atoms with E-state index in [0.717, 1.165) is 36.3 Å². The molecule has 0 spiro atoms. The van der Waals surface area contributed by atoms with Gasteiger partial charge in [-0.3, -0.25) is 0 Å². The van der Waals surface area contributed by atoms with Gasteiger partial charge in [-0.15, -0.1) is 0 Å². The Hall–Kier alpha value is 0.240. The molecule has 0 N–H and O–H groups in total. The van der Waals surface area contributed by atoms with Crippen LogP contribution in [0.5, 0.6) is 0 Å². The van der Waals surface area contributed by atoms with Crippen LogP contribution in [0.15, 0.2) is 23.3 Å². The quantitative estimate of drug-likeness (QED) is 0.0637. The third-order valence-corrected chi connectivity index (χ3v) is 7.31. The van der Waals surface area contributed by atoms with E-state index in [-0.39, 0.29) is 11.8 Å². The lowest BCUT2D eigenvalue weighted by Gasteiger charge is -2.46. The maximum Gasteiger partial charge on any atom is 0.172 e. The van der Waals surface area contributed by atoms with Crippen molar-refractivity contribution in [2.24, 2.45) is 11.8 Å². The number of methoxy groups -OCH3 is 2. The van der Waals surface area contributed by atoms with E-state index in [4.69, 9.17) is 23.7 Å². The average Bonchev–Trinajstić information content (AvgIpc) is 2.74. The van der Waals surface area contributed by atoms with Crippen LogP contribution in [0.25, 0.3) is 0 Å². The fourth-order valence-electron chi connectivity index (χ4n) is 3.62. The highest BCUT2D eigenvalue weighted by atomic mass is 79.9. The zero-order chi connectivity index (χ0) is 25.3. The molecule has 0 fully saturated rings. The number of ether oxygens (including phenoxy) is 5. The summed E-state index contributed by atoms with van der Waals surface area (Å²) < 4.78 is 30.2. The van der Waals surface area contributed by atoms with Gasteiger partial charge in [-0.05, 0) is 67.2 Å². The molecule has 0 aliphatic rings. The van der Waals surface area contributed by atoms with E-state index in [1.54, 1.807) is 14.2 Å². The lowest BCUT2D eigenvalue weighted by molar-refractivity contribution is -0.377. The van der Waals surface area contributed by atoms with Gasteiger partial charge >= 0.3 is 0 Å². The van der Waals surface area contributed by atoms with Crippen molar-refractivity contribution in [2.45, 2.75) is 78.8 Å². The molecule has 0 aromatic rings. The second-order valence-corrected chi connectivity index (χ2v) is 10.5. The minimum absolute atomic E-state index is 0.129. The fourth-order valence-corrected chi connectivity index (χ4v) is 5.45. The molecular weight excluding hydrogens is 552 g/mol. The molecule has 0 radical (unpaired) electrons. The molecule has 4 atom stereocenters. The molecule has 0 saturated heterocycles. The predicted molar refractivity (Wildman–Crippen MR) is 145 cm³/mol. The molecule has 0 amide bonds. The molecule has 0 heterocycles. The Labute approximate surface area is 220 Å². The number of halogens is 2. The third kappa shape index (κ3) is 13.8. The first kappa shape index (κ1) is 33.2. The Morgan fingerprint density at radius 3 is 1.33 bits per heavy atom. The van der Waals surface area contributed by atoms with Crippen molar-refractivity contribution in [3.8, 4) is 0 Å². The molecule has 196 valence electrons. The molecule has 0 saturated carbocycles. The summed E-state index contributed by atoms with van der Waals surface area (Å²) in [6.45, 7) is 14.5. The highest BCUT2D eigenvalue weighted by molar-refractivity contribution is 9.09. The van der Waals surface area contributed by atoms with Crippen molar-refractivity contribution in [1.82, 2.24) is 0 Å². The summed E-state index contributed by atoms with van der Waals surface area (Å²) in [4.78, 5) is 0. The molecule has 0 aromatic heterocycles. The Kier molecular flexibility index (Phi) is 18.6. The lowest BCUT2D eigenvalue weighted by atomic mass is 9.92. The van der Waals surface area contributed by atoms with Crippen LogP contribution in [-0.2, 0) is 23.7 Å². The minimum atomic E-state index is -0.851. The molecular formula is C26H48Br2O5. The van der Waals surface area contributed by atoms with Crippen molar-refractivity contribution in [1.29, 1.82) is 0 Å². The summed E-state index contributed by atoms with van der Waals surface area (Å²) in [5, 5.41) is 1.52. The van der Waals surface area contributed by atoms with Crippen LogP contribution in [0.3, 0.4) is 0 Å². The number of alkyl halides is 2. The largest absolute Gasteiger partial charge is 0.382 e. The maximum atomic E-state index is 6.88. The van der Waals surface area contributed by atoms with E-state index in [1.807, 2.05) is 13.8 Å². The van der Waals surface area contributed by atoms with E-state index in [2.05, 4.69) is 71.7 Å². The second-order valence-electron chi connectivity index (χ2n) is 9.24. The van der Waals surface area contributed by atoms with E-state index in [1.165, 1.54) is 11.1 Å². The topological polar surface area (TPSA) is 46.2 Å². The molecule has 0 aromatic carbocycles. The normalized spacial score (nSPS) is 17.0. The van der Waals surface area contributed by atoms with Gasteiger partial charge in [0.15, 0.2) is 11.6 Å². The van der Waals surface area contributed by atoms with Gasteiger partial charge < -0.3 is 23.7 Å². The number of rotatable bonds is 20. The zero-order valence-electron chi connectivity index (χ0n) is 22.2. The van der Waals surface area contributed by atoms with E-state index in [0.29, 0.717) is 26.4 Å². The van der Waals surface area contributed by atoms with Gasteiger partial charge in [0.05, 0.1) is 26.4 Å². The van der Waals surface area contributed by atoms with Gasteiger partial charge in [-0.25, -0.2) is 0 Å². The SMILES string of the molecule is COCCOC(C)(OC(C)(OCCOC)C(CBr)CCC=C(C)C)C(CBr)CCC=C(C)C. The highest BCUT2D eigenvalue weighted by Crippen LogP contribution is 2.39. The summed E-state index contributed by atoms with van der Waals surface area (Å²) in [6.07, 6.45) is 8.33. The molecule has 7 heteroatoms. The van der Waals surface area contributed by atoms with Gasteiger partial charge in [0.2, 0.25) is 0 Å². The van der Waals surface area contributed by atoms with Crippen molar-refractivity contribution in [3.63, 3.8) is 0 Å². The summed E-state index contributed by atoms with van der Waals surface area (Å²) in [5.41, 5.74) is 2.63. The first-order valence-corrected chi connectivity index (χ1v) is 14.2. The van der Waals surface area contributed by atoms with Crippen LogP contribution in [0.1, 0.15) is 67.2 Å². The molecule has 0 aliphatic heterocycles. The van der Waals surface area contributed by atoms with Gasteiger partial charge in [0.1, 0.15) is 0 Å². The molecule has 0 rings (SSSR count). The number of allylic oxidation sites excluding steroid dienone is 4. The van der Waals surface area contributed by atoms with Crippen molar-refractivity contribution in [3.05, 3.63) is 23.3 Å². The van der Waals surface area contributed by atoms with Gasteiger partial charge in [0.25, 0.3) is 0 Å². The number of hydrogen-bond donors (Lipinski definition) is 0. The molecule has 33 heavy (non-hydrogen) atoms. The van der Waals surface area contributed by atoms with Gasteiger partial charge in [-0.1, -0.05) is 55.2 Å². The van der Waals surface area contributed by atoms with Crippen LogP contribution in [-0.4, -0.2) is 62.9 Å². The minimum Gasteiger partial charge on any atom is -0.382 e. The van der Waals surface area contributed by atoms with Gasteiger partial charge in [-0.2, -0.15) is 0 Å². The zero-order valence-corrected chi connectivity index (χ0v) is 25.3. The summed E-state index contributed by atoms with van der Waals surface area (Å²) in [7, 11) is 3.36. The van der Waals surface area contributed by atoms with Crippen molar-refractivity contribution < 1.29 is 23.7 Å². The summed E-state index contributed by atoms with van der Waals surface area (Å²) >= 11 is 7.44. The smallest absolute Gasteiger partial charge is 0.172 e. The van der Waals surface area contributed by atoms with Crippen LogP contribution in [0.4, 0.5) is 0 Å². The molecule has 0 aliphatic carbocycles. The molecule has 4 unspecified atom stereocenters. The standard InChI is InChI=1S/C26H48Br2O5/c1-21(2)11-9-13-23(19-27)25(5,31-17-15-29-7)33-26(6,32-18-16-30-8)24(20-28)14-10-12-22(3)4/h11-12,23-24H,9-10,13-20H2,1-8H3. The Morgan fingerprint density at radius 1 is 0.697 bits per heavy atom. The van der Waals surface area contributed by atoms with E-state index >= 15 is 0 Å².